The van der Waals surface area contributed by atoms with Crippen LogP contribution >= 0.6 is 0 Å². The smallest absolute Gasteiger partial charge is 0.251 e. The van der Waals surface area contributed by atoms with Crippen LogP contribution in [0.1, 0.15) is 12.8 Å². The second-order valence-corrected chi connectivity index (χ2v) is 5.92. The molecule has 3 rings (SSSR count). The minimum Gasteiger partial charge on any atom is -0.497 e. The summed E-state index contributed by atoms with van der Waals surface area (Å²) in [6.45, 7) is 0. The van der Waals surface area contributed by atoms with E-state index < -0.39 is 5.82 Å². The van der Waals surface area contributed by atoms with Crippen molar-refractivity contribution < 1.29 is 13.9 Å². The second kappa shape index (κ2) is 8.39. The molecule has 1 atom stereocenters. The summed E-state index contributed by atoms with van der Waals surface area (Å²) in [4.78, 5) is 12.5. The van der Waals surface area contributed by atoms with Crippen LogP contribution in [0.2, 0.25) is 0 Å². The van der Waals surface area contributed by atoms with Gasteiger partial charge in [-0.3, -0.25) is 0 Å². The van der Waals surface area contributed by atoms with Crippen LogP contribution in [-0.4, -0.2) is 36.1 Å². The van der Waals surface area contributed by atoms with Crippen molar-refractivity contribution >= 4 is 29.4 Å². The van der Waals surface area contributed by atoms with Gasteiger partial charge in [0.15, 0.2) is 11.6 Å². The lowest BCUT2D eigenvalue weighted by Gasteiger charge is -2.13. The molecule has 1 aliphatic carbocycles. The number of aliphatic imine (C=N–C) groups is 1. The number of halogens is 1. The van der Waals surface area contributed by atoms with Gasteiger partial charge in [-0.1, -0.05) is 6.08 Å². The molecular weight excluding hydrogens is 349 g/mol. The summed E-state index contributed by atoms with van der Waals surface area (Å²) in [6, 6.07) is 5.13. The minimum atomic E-state index is -0.594. The highest BCUT2D eigenvalue weighted by atomic mass is 19.1. The van der Waals surface area contributed by atoms with Gasteiger partial charge in [-0.15, -0.1) is 0 Å². The lowest BCUT2D eigenvalue weighted by Crippen LogP contribution is -2.08. The van der Waals surface area contributed by atoms with E-state index in [0.29, 0.717) is 23.6 Å². The van der Waals surface area contributed by atoms with E-state index in [1.54, 1.807) is 32.4 Å². The van der Waals surface area contributed by atoms with Crippen LogP contribution in [0.25, 0.3) is 0 Å². The van der Waals surface area contributed by atoms with E-state index in [-0.39, 0.29) is 17.7 Å². The van der Waals surface area contributed by atoms with E-state index in [4.69, 9.17) is 14.9 Å². The third-order valence-corrected chi connectivity index (χ3v) is 4.07. The predicted molar refractivity (Wildman–Crippen MR) is 103 cm³/mol. The average molecular weight is 369 g/mol. The highest BCUT2D eigenvalue weighted by Gasteiger charge is 2.12. The van der Waals surface area contributed by atoms with E-state index in [0.717, 1.165) is 18.3 Å². The molecule has 27 heavy (non-hydrogen) atoms. The Kier molecular flexibility index (Phi) is 5.75. The Balaban J connectivity index is 1.85. The number of hydrogen-bond donors (Lipinski definition) is 2. The van der Waals surface area contributed by atoms with Crippen molar-refractivity contribution in [3.8, 4) is 11.5 Å². The number of benzene rings is 1. The molecule has 2 aromatic rings. The molecule has 2 N–H and O–H groups in total. The molecule has 0 bridgehead atoms. The highest BCUT2D eigenvalue weighted by molar-refractivity contribution is 5.97. The standard InChI is InChI=1S/C19H20FN5O2/c1-26-15-7-14(8-16(9-15)27-2)23-18-17(20)11-22-19(25-18)24-13-5-3-12(10-21)4-6-13/h3,5,7-12,21H,4,6H2,1-2H3,(H,22,23,25). The molecule has 0 fully saturated rings. The number of ether oxygens (including phenoxy) is 2. The van der Waals surface area contributed by atoms with E-state index in [2.05, 4.69) is 20.3 Å². The first-order valence-corrected chi connectivity index (χ1v) is 8.40. The van der Waals surface area contributed by atoms with Crippen molar-refractivity contribution in [1.82, 2.24) is 9.97 Å². The zero-order valence-electron chi connectivity index (χ0n) is 15.1. The van der Waals surface area contributed by atoms with E-state index in [1.165, 1.54) is 6.21 Å². The van der Waals surface area contributed by atoms with Crippen LogP contribution in [0, 0.1) is 17.1 Å². The summed E-state index contributed by atoms with van der Waals surface area (Å²) in [6.07, 6.45) is 7.79. The summed E-state index contributed by atoms with van der Waals surface area (Å²) in [5, 5.41) is 10.2. The lowest BCUT2D eigenvalue weighted by molar-refractivity contribution is 0.395. The Bertz CT molecular complexity index is 875. The largest absolute Gasteiger partial charge is 0.497 e. The Morgan fingerprint density at radius 2 is 2.00 bits per heavy atom. The number of aromatic nitrogens is 2. The van der Waals surface area contributed by atoms with Gasteiger partial charge in [0.05, 0.1) is 20.4 Å². The summed E-state index contributed by atoms with van der Waals surface area (Å²) in [5.41, 5.74) is 1.36. The molecule has 0 aliphatic heterocycles. The first kappa shape index (κ1) is 18.5. The fourth-order valence-electron chi connectivity index (χ4n) is 2.60. The van der Waals surface area contributed by atoms with Crippen LogP contribution in [0.5, 0.6) is 11.5 Å². The summed E-state index contributed by atoms with van der Waals surface area (Å²) >= 11 is 0. The summed E-state index contributed by atoms with van der Waals surface area (Å²) in [5.74, 6) is 0.862. The molecular formula is C19H20FN5O2. The zero-order valence-corrected chi connectivity index (χ0v) is 15.1. The van der Waals surface area contributed by atoms with Crippen LogP contribution in [0.3, 0.4) is 0 Å². The number of methoxy groups -OCH3 is 2. The quantitative estimate of drug-likeness (QED) is 0.749. The molecule has 0 spiro atoms. The van der Waals surface area contributed by atoms with Crippen LogP contribution < -0.4 is 14.8 Å². The maximum Gasteiger partial charge on any atom is 0.251 e. The molecule has 8 heteroatoms. The molecule has 0 saturated heterocycles. The van der Waals surface area contributed by atoms with Gasteiger partial charge in [-0.05, 0) is 18.9 Å². The molecule has 1 unspecified atom stereocenters. The van der Waals surface area contributed by atoms with Crippen molar-refractivity contribution in [2.75, 3.05) is 19.5 Å². The number of allylic oxidation sites excluding steroid dienone is 2. The molecule has 1 heterocycles. The second-order valence-electron chi connectivity index (χ2n) is 5.92. The van der Waals surface area contributed by atoms with E-state index in [9.17, 15) is 4.39 Å². The first-order valence-electron chi connectivity index (χ1n) is 8.40. The van der Waals surface area contributed by atoms with Crippen molar-refractivity contribution in [2.45, 2.75) is 12.8 Å². The Labute approximate surface area is 156 Å². The van der Waals surface area contributed by atoms with Gasteiger partial charge in [0.1, 0.15) is 11.5 Å². The van der Waals surface area contributed by atoms with Crippen molar-refractivity contribution in [2.24, 2.45) is 10.9 Å². The number of hydrogen-bond acceptors (Lipinski definition) is 7. The normalized spacial score (nSPS) is 17.6. The van der Waals surface area contributed by atoms with Gasteiger partial charge in [0.25, 0.3) is 5.95 Å². The number of nitrogens with one attached hydrogen (secondary N) is 2. The highest BCUT2D eigenvalue weighted by Crippen LogP contribution is 2.28. The van der Waals surface area contributed by atoms with Crippen molar-refractivity contribution in [3.63, 3.8) is 0 Å². The summed E-state index contributed by atoms with van der Waals surface area (Å²) < 4.78 is 24.6. The molecule has 1 aromatic carbocycles. The number of nitrogens with zero attached hydrogens (tertiary/aromatic N) is 3. The molecule has 1 aliphatic rings. The van der Waals surface area contributed by atoms with Gasteiger partial charge in [0, 0.05) is 41.7 Å². The average Bonchev–Trinajstić information content (AvgIpc) is 2.70. The van der Waals surface area contributed by atoms with E-state index >= 15 is 0 Å². The molecule has 7 nitrogen and oxygen atoms in total. The Morgan fingerprint density at radius 3 is 2.59 bits per heavy atom. The third-order valence-electron chi connectivity index (χ3n) is 4.07. The van der Waals surface area contributed by atoms with Crippen molar-refractivity contribution in [1.29, 1.82) is 5.41 Å². The molecule has 1 aromatic heterocycles. The lowest BCUT2D eigenvalue weighted by atomic mass is 9.96. The maximum absolute atomic E-state index is 14.2. The molecule has 140 valence electrons. The fraction of sp³-hybridized carbons (Fsp3) is 0.263. The Morgan fingerprint density at radius 1 is 1.26 bits per heavy atom. The van der Waals surface area contributed by atoms with Gasteiger partial charge < -0.3 is 20.2 Å². The topological polar surface area (TPSA) is 92.5 Å². The van der Waals surface area contributed by atoms with Gasteiger partial charge in [-0.25, -0.2) is 14.4 Å². The fourth-order valence-corrected chi connectivity index (χ4v) is 2.60. The Hall–Kier alpha value is -3.29. The van der Waals surface area contributed by atoms with Gasteiger partial charge in [-0.2, -0.15) is 4.98 Å². The maximum atomic E-state index is 14.2. The SMILES string of the molecule is COc1cc(Nc2nc(N=C3C=CC(C=N)CC3)ncc2F)cc(OC)c1. The summed E-state index contributed by atoms with van der Waals surface area (Å²) in [7, 11) is 3.08. The van der Waals surface area contributed by atoms with Crippen LogP contribution in [0.15, 0.2) is 41.5 Å². The molecule has 0 radical (unpaired) electrons. The molecule has 0 saturated carbocycles. The van der Waals surface area contributed by atoms with Crippen molar-refractivity contribution in [3.05, 3.63) is 42.4 Å². The monoisotopic (exact) mass is 369 g/mol. The van der Waals surface area contributed by atoms with E-state index in [1.807, 2.05) is 12.2 Å². The minimum absolute atomic E-state index is 0.0109. The third kappa shape index (κ3) is 4.66. The number of rotatable bonds is 6. The first-order chi connectivity index (χ1) is 13.1. The molecule has 0 amide bonds. The van der Waals surface area contributed by atoms with Crippen LogP contribution in [-0.2, 0) is 0 Å². The van der Waals surface area contributed by atoms with Gasteiger partial charge >= 0.3 is 0 Å². The number of anilines is 2. The van der Waals surface area contributed by atoms with Crippen LogP contribution in [0.4, 0.5) is 21.8 Å². The van der Waals surface area contributed by atoms with Gasteiger partial charge in [0.2, 0.25) is 0 Å². The predicted octanol–water partition coefficient (Wildman–Crippen LogP) is 4.06. The zero-order chi connectivity index (χ0) is 19.2.